The lowest BCUT2D eigenvalue weighted by molar-refractivity contribution is 0.394. The van der Waals surface area contributed by atoms with Crippen LogP contribution in [-0.4, -0.2) is 17.1 Å². The summed E-state index contributed by atoms with van der Waals surface area (Å²) in [6.07, 6.45) is 0. The largest absolute Gasteiger partial charge is 0.481 e. The zero-order valence-electron chi connectivity index (χ0n) is 6.04. The number of nitrogens with zero attached hydrogens (tertiary/aromatic N) is 2. The fourth-order valence-electron chi connectivity index (χ4n) is 0.651. The molecule has 0 aliphatic rings. The molecule has 0 saturated carbocycles. The summed E-state index contributed by atoms with van der Waals surface area (Å²) < 4.78 is 5.40. The number of nitrogens with two attached hydrogens (primary N) is 1. The first-order chi connectivity index (χ1) is 5.26. The fraction of sp³-hybridized carbons (Fsp3) is 0.333. The Labute approximate surface area is 72.9 Å². The van der Waals surface area contributed by atoms with Gasteiger partial charge in [-0.2, -0.15) is 4.98 Å². The lowest BCUT2D eigenvalue weighted by Crippen LogP contribution is -2.02. The van der Waals surface area contributed by atoms with Gasteiger partial charge in [-0.1, -0.05) is 0 Å². The zero-order chi connectivity index (χ0) is 8.27. The zero-order valence-corrected chi connectivity index (χ0v) is 7.63. The normalized spacial score (nSPS) is 9.73. The summed E-state index contributed by atoms with van der Waals surface area (Å²) in [6, 6.07) is 1.70. The second kappa shape index (κ2) is 3.64. The maximum atomic E-state index is 5.38. The molecule has 1 rings (SSSR count). The molecule has 0 saturated heterocycles. The SMILES string of the molecule is COc1cc(CN)nc(Br)n1. The first-order valence-corrected chi connectivity index (χ1v) is 3.83. The highest BCUT2D eigenvalue weighted by molar-refractivity contribution is 9.10. The summed E-state index contributed by atoms with van der Waals surface area (Å²) in [4.78, 5) is 7.93. The summed E-state index contributed by atoms with van der Waals surface area (Å²) in [5.41, 5.74) is 6.13. The molecule has 0 aromatic carbocycles. The van der Waals surface area contributed by atoms with Crippen molar-refractivity contribution in [3.05, 3.63) is 16.5 Å². The van der Waals surface area contributed by atoms with Gasteiger partial charge >= 0.3 is 0 Å². The smallest absolute Gasteiger partial charge is 0.217 e. The lowest BCUT2D eigenvalue weighted by Gasteiger charge is -2.00. The van der Waals surface area contributed by atoms with Gasteiger partial charge in [0.2, 0.25) is 5.88 Å². The summed E-state index contributed by atoms with van der Waals surface area (Å²) in [6.45, 7) is 0.386. The molecule has 5 heteroatoms. The molecule has 4 nitrogen and oxygen atoms in total. The van der Waals surface area contributed by atoms with Gasteiger partial charge in [0.05, 0.1) is 12.8 Å². The Balaban J connectivity index is 3.02. The van der Waals surface area contributed by atoms with Crippen molar-refractivity contribution in [1.82, 2.24) is 9.97 Å². The molecule has 0 fully saturated rings. The molecule has 1 heterocycles. The monoisotopic (exact) mass is 217 g/mol. The third kappa shape index (κ3) is 2.13. The van der Waals surface area contributed by atoms with E-state index in [1.54, 1.807) is 13.2 Å². The maximum Gasteiger partial charge on any atom is 0.217 e. The molecule has 11 heavy (non-hydrogen) atoms. The highest BCUT2D eigenvalue weighted by Gasteiger charge is 1.99. The minimum absolute atomic E-state index is 0.386. The lowest BCUT2D eigenvalue weighted by atomic mass is 10.4. The third-order valence-corrected chi connectivity index (χ3v) is 1.50. The van der Waals surface area contributed by atoms with Crippen molar-refractivity contribution < 1.29 is 4.74 Å². The van der Waals surface area contributed by atoms with E-state index in [1.165, 1.54) is 0 Å². The summed E-state index contributed by atoms with van der Waals surface area (Å²) in [5, 5.41) is 0. The van der Waals surface area contributed by atoms with E-state index in [2.05, 4.69) is 25.9 Å². The Hall–Kier alpha value is -0.680. The van der Waals surface area contributed by atoms with Crippen LogP contribution < -0.4 is 10.5 Å². The molecule has 0 amide bonds. The van der Waals surface area contributed by atoms with E-state index >= 15 is 0 Å². The molecule has 1 aromatic heterocycles. The van der Waals surface area contributed by atoms with Crippen LogP contribution in [0.5, 0.6) is 5.88 Å². The first kappa shape index (κ1) is 8.42. The number of rotatable bonds is 2. The molecule has 0 aliphatic carbocycles. The Morgan fingerprint density at radius 1 is 1.64 bits per heavy atom. The number of ether oxygens (including phenoxy) is 1. The van der Waals surface area contributed by atoms with Crippen molar-refractivity contribution >= 4 is 15.9 Å². The average Bonchev–Trinajstić information content (AvgIpc) is 2.03. The van der Waals surface area contributed by atoms with Gasteiger partial charge in [0.25, 0.3) is 0 Å². The average molecular weight is 218 g/mol. The van der Waals surface area contributed by atoms with E-state index in [9.17, 15) is 0 Å². The minimum atomic E-state index is 0.386. The van der Waals surface area contributed by atoms with Crippen molar-refractivity contribution in [2.45, 2.75) is 6.54 Å². The predicted octanol–water partition coefficient (Wildman–Crippen LogP) is 0.706. The van der Waals surface area contributed by atoms with Crippen molar-refractivity contribution in [2.75, 3.05) is 7.11 Å². The molecular formula is C6H8BrN3O. The summed E-state index contributed by atoms with van der Waals surface area (Å²) in [7, 11) is 1.55. The fourth-order valence-corrected chi connectivity index (χ4v) is 1.05. The second-order valence-electron chi connectivity index (χ2n) is 1.87. The minimum Gasteiger partial charge on any atom is -0.481 e. The summed E-state index contributed by atoms with van der Waals surface area (Å²) in [5.74, 6) is 0.521. The molecular weight excluding hydrogens is 210 g/mol. The number of hydrogen-bond acceptors (Lipinski definition) is 4. The topological polar surface area (TPSA) is 61.0 Å². The highest BCUT2D eigenvalue weighted by atomic mass is 79.9. The van der Waals surface area contributed by atoms with Gasteiger partial charge in [-0.15, -0.1) is 0 Å². The van der Waals surface area contributed by atoms with E-state index in [4.69, 9.17) is 10.5 Å². The van der Waals surface area contributed by atoms with Crippen molar-refractivity contribution in [3.8, 4) is 5.88 Å². The molecule has 60 valence electrons. The van der Waals surface area contributed by atoms with Crippen LogP contribution in [0.15, 0.2) is 10.8 Å². The van der Waals surface area contributed by atoms with E-state index in [0.29, 0.717) is 17.2 Å². The molecule has 0 unspecified atom stereocenters. The molecule has 2 N–H and O–H groups in total. The molecule has 0 bridgehead atoms. The van der Waals surface area contributed by atoms with Crippen molar-refractivity contribution in [3.63, 3.8) is 0 Å². The van der Waals surface area contributed by atoms with Crippen LogP contribution >= 0.6 is 15.9 Å². The summed E-state index contributed by atoms with van der Waals surface area (Å²) >= 11 is 3.14. The Bertz CT molecular complexity index is 231. The quantitative estimate of drug-likeness (QED) is 0.742. The molecule has 0 radical (unpaired) electrons. The van der Waals surface area contributed by atoms with Gasteiger partial charge in [-0.3, -0.25) is 0 Å². The molecule has 0 atom stereocenters. The second-order valence-corrected chi connectivity index (χ2v) is 2.58. The first-order valence-electron chi connectivity index (χ1n) is 3.03. The number of methoxy groups -OCH3 is 1. The number of halogens is 1. The van der Waals surface area contributed by atoms with Crippen LogP contribution in [0.4, 0.5) is 0 Å². The van der Waals surface area contributed by atoms with Crippen LogP contribution in [0.3, 0.4) is 0 Å². The van der Waals surface area contributed by atoms with Crippen LogP contribution in [0.25, 0.3) is 0 Å². The van der Waals surface area contributed by atoms with E-state index in [-0.39, 0.29) is 0 Å². The van der Waals surface area contributed by atoms with Gasteiger partial charge in [-0.25, -0.2) is 4.98 Å². The maximum absolute atomic E-state index is 5.38. The van der Waals surface area contributed by atoms with Crippen LogP contribution in [0, 0.1) is 0 Å². The molecule has 0 aliphatic heterocycles. The number of hydrogen-bond donors (Lipinski definition) is 1. The van der Waals surface area contributed by atoms with Gasteiger partial charge in [0, 0.05) is 12.6 Å². The van der Waals surface area contributed by atoms with E-state index in [0.717, 1.165) is 5.69 Å². The van der Waals surface area contributed by atoms with Gasteiger partial charge in [0.1, 0.15) is 0 Å². The molecule has 0 spiro atoms. The predicted molar refractivity (Wildman–Crippen MR) is 44.2 cm³/mol. The highest BCUT2D eigenvalue weighted by Crippen LogP contribution is 2.11. The molecule has 1 aromatic rings. The van der Waals surface area contributed by atoms with Crippen molar-refractivity contribution in [2.24, 2.45) is 5.73 Å². The van der Waals surface area contributed by atoms with Crippen LogP contribution in [-0.2, 0) is 6.54 Å². The van der Waals surface area contributed by atoms with E-state index < -0.39 is 0 Å². The van der Waals surface area contributed by atoms with Crippen LogP contribution in [0.1, 0.15) is 5.69 Å². The van der Waals surface area contributed by atoms with E-state index in [1.807, 2.05) is 0 Å². The van der Waals surface area contributed by atoms with Crippen LogP contribution in [0.2, 0.25) is 0 Å². The van der Waals surface area contributed by atoms with Gasteiger partial charge in [-0.05, 0) is 15.9 Å². The Morgan fingerprint density at radius 2 is 2.36 bits per heavy atom. The Kier molecular flexibility index (Phi) is 2.78. The van der Waals surface area contributed by atoms with Gasteiger partial charge < -0.3 is 10.5 Å². The van der Waals surface area contributed by atoms with Crippen molar-refractivity contribution in [1.29, 1.82) is 0 Å². The van der Waals surface area contributed by atoms with Gasteiger partial charge in [0.15, 0.2) is 4.73 Å². The standard InChI is InChI=1S/C6H8BrN3O/c1-11-5-2-4(3-8)9-6(7)10-5/h2H,3,8H2,1H3. The number of aromatic nitrogens is 2. The Morgan fingerprint density at radius 3 is 2.91 bits per heavy atom. The third-order valence-electron chi connectivity index (χ3n) is 1.15.